The lowest BCUT2D eigenvalue weighted by molar-refractivity contribution is 0.0842. The number of carbonyl (C=O) groups is 2. The van der Waals surface area contributed by atoms with Crippen molar-refractivity contribution < 1.29 is 14.7 Å². The van der Waals surface area contributed by atoms with Crippen molar-refractivity contribution in [2.24, 2.45) is 0 Å². The van der Waals surface area contributed by atoms with Crippen LogP contribution in [0, 0.1) is 0 Å². The summed E-state index contributed by atoms with van der Waals surface area (Å²) in [6.45, 7) is 2.04. The van der Waals surface area contributed by atoms with Crippen molar-refractivity contribution in [3.8, 4) is 5.75 Å². The molecule has 0 saturated heterocycles. The number of fused-ring (bicyclic) bond motifs is 2. The number of hydrazine groups is 1. The SMILES string of the molecule is CCn1nc(C(=O)NNC(=O)c2cc3ccccc3cc2O)c2ccccc2c1=O. The Morgan fingerprint density at radius 1 is 0.933 bits per heavy atom. The number of rotatable bonds is 3. The Hall–Kier alpha value is -4.20. The summed E-state index contributed by atoms with van der Waals surface area (Å²) in [6.07, 6.45) is 0. The highest BCUT2D eigenvalue weighted by molar-refractivity contribution is 6.07. The van der Waals surface area contributed by atoms with E-state index in [-0.39, 0.29) is 22.6 Å². The van der Waals surface area contributed by atoms with E-state index in [0.717, 1.165) is 10.8 Å². The topological polar surface area (TPSA) is 113 Å². The minimum absolute atomic E-state index is 0.00934. The van der Waals surface area contributed by atoms with E-state index >= 15 is 0 Å². The number of aryl methyl sites for hydroxylation is 1. The molecule has 3 N–H and O–H groups in total. The van der Waals surface area contributed by atoms with Gasteiger partial charge in [-0.05, 0) is 35.9 Å². The highest BCUT2D eigenvalue weighted by atomic mass is 16.3. The predicted octanol–water partition coefficient (Wildman–Crippen LogP) is 2.35. The summed E-state index contributed by atoms with van der Waals surface area (Å²) in [4.78, 5) is 37.6. The highest BCUT2D eigenvalue weighted by Gasteiger charge is 2.18. The fourth-order valence-corrected chi connectivity index (χ4v) is 3.27. The van der Waals surface area contributed by atoms with E-state index < -0.39 is 11.8 Å². The second-order valence-electron chi connectivity index (χ2n) is 6.64. The van der Waals surface area contributed by atoms with Crippen LogP contribution in [0.5, 0.6) is 5.75 Å². The molecule has 8 heteroatoms. The van der Waals surface area contributed by atoms with Crippen LogP contribution >= 0.6 is 0 Å². The number of aromatic hydroxyl groups is 1. The molecule has 4 rings (SSSR count). The maximum atomic E-state index is 12.7. The Morgan fingerprint density at radius 2 is 1.53 bits per heavy atom. The van der Waals surface area contributed by atoms with Gasteiger partial charge < -0.3 is 5.11 Å². The van der Waals surface area contributed by atoms with Crippen molar-refractivity contribution in [2.75, 3.05) is 0 Å². The second kappa shape index (κ2) is 7.67. The molecule has 0 saturated carbocycles. The zero-order valence-corrected chi connectivity index (χ0v) is 16.0. The maximum Gasteiger partial charge on any atom is 0.290 e. The number of hydrogen-bond donors (Lipinski definition) is 3. The van der Waals surface area contributed by atoms with Crippen LogP contribution in [-0.2, 0) is 6.54 Å². The highest BCUT2D eigenvalue weighted by Crippen LogP contribution is 2.24. The largest absolute Gasteiger partial charge is 0.507 e. The normalized spacial score (nSPS) is 10.8. The molecule has 0 bridgehead atoms. The lowest BCUT2D eigenvalue weighted by atomic mass is 10.1. The van der Waals surface area contributed by atoms with Gasteiger partial charge in [-0.15, -0.1) is 0 Å². The zero-order chi connectivity index (χ0) is 21.3. The lowest BCUT2D eigenvalue weighted by Gasteiger charge is -2.12. The molecule has 0 fully saturated rings. The number of phenols is 1. The Morgan fingerprint density at radius 3 is 2.23 bits per heavy atom. The fourth-order valence-electron chi connectivity index (χ4n) is 3.27. The average molecular weight is 402 g/mol. The number of phenolic OH excluding ortho intramolecular Hbond substituents is 1. The fraction of sp³-hybridized carbons (Fsp3) is 0.0909. The van der Waals surface area contributed by atoms with Crippen molar-refractivity contribution in [1.29, 1.82) is 0 Å². The van der Waals surface area contributed by atoms with Crippen LogP contribution in [0.25, 0.3) is 21.5 Å². The molecule has 1 heterocycles. The van der Waals surface area contributed by atoms with Gasteiger partial charge in [-0.2, -0.15) is 5.10 Å². The summed E-state index contributed by atoms with van der Waals surface area (Å²) in [5.41, 5.74) is 4.33. The van der Waals surface area contributed by atoms with Gasteiger partial charge in [0, 0.05) is 11.9 Å². The van der Waals surface area contributed by atoms with Gasteiger partial charge in [0.2, 0.25) is 0 Å². The van der Waals surface area contributed by atoms with Gasteiger partial charge in [-0.25, -0.2) is 4.68 Å². The van der Waals surface area contributed by atoms with Crippen molar-refractivity contribution in [3.63, 3.8) is 0 Å². The van der Waals surface area contributed by atoms with E-state index in [9.17, 15) is 19.5 Å². The van der Waals surface area contributed by atoms with Crippen LogP contribution in [0.3, 0.4) is 0 Å². The first-order valence-corrected chi connectivity index (χ1v) is 9.32. The first kappa shape index (κ1) is 19.1. The predicted molar refractivity (Wildman–Crippen MR) is 112 cm³/mol. The van der Waals surface area contributed by atoms with Crippen LogP contribution in [0.1, 0.15) is 27.8 Å². The maximum absolute atomic E-state index is 12.7. The van der Waals surface area contributed by atoms with E-state index in [4.69, 9.17) is 0 Å². The summed E-state index contributed by atoms with van der Waals surface area (Å²) in [5.74, 6) is -1.56. The van der Waals surface area contributed by atoms with Crippen LogP contribution < -0.4 is 16.4 Å². The third kappa shape index (κ3) is 3.35. The third-order valence-electron chi connectivity index (χ3n) is 4.78. The molecule has 8 nitrogen and oxygen atoms in total. The Kier molecular flexibility index (Phi) is 4.89. The van der Waals surface area contributed by atoms with Crippen molar-refractivity contribution >= 4 is 33.4 Å². The number of benzene rings is 3. The number of amides is 2. The molecular formula is C22H18N4O4. The van der Waals surface area contributed by atoms with Gasteiger partial charge >= 0.3 is 0 Å². The van der Waals surface area contributed by atoms with Crippen molar-refractivity contribution in [3.05, 3.63) is 82.3 Å². The summed E-state index contributed by atoms with van der Waals surface area (Å²) in [5, 5.41) is 16.6. The molecule has 150 valence electrons. The van der Waals surface area contributed by atoms with E-state index in [1.807, 2.05) is 24.3 Å². The molecule has 30 heavy (non-hydrogen) atoms. The number of hydrogen-bond acceptors (Lipinski definition) is 5. The molecule has 0 radical (unpaired) electrons. The monoisotopic (exact) mass is 402 g/mol. The number of nitrogens with zero attached hydrogens (tertiary/aromatic N) is 2. The first-order valence-electron chi connectivity index (χ1n) is 9.32. The minimum atomic E-state index is -0.681. The van der Waals surface area contributed by atoms with Gasteiger partial charge in [0.1, 0.15) is 5.75 Å². The Bertz CT molecular complexity index is 1360. The van der Waals surface area contributed by atoms with Gasteiger partial charge in [0.25, 0.3) is 17.4 Å². The van der Waals surface area contributed by atoms with Gasteiger partial charge in [0.05, 0.1) is 10.9 Å². The van der Waals surface area contributed by atoms with E-state index in [0.29, 0.717) is 17.3 Å². The zero-order valence-electron chi connectivity index (χ0n) is 16.0. The molecule has 0 aliphatic carbocycles. The minimum Gasteiger partial charge on any atom is -0.507 e. The molecule has 0 aliphatic heterocycles. The molecule has 0 atom stereocenters. The molecule has 0 aliphatic rings. The molecule has 0 spiro atoms. The van der Waals surface area contributed by atoms with Gasteiger partial charge in [0.15, 0.2) is 5.69 Å². The standard InChI is InChI=1S/C22H18N4O4/c1-2-26-22(30)16-10-6-5-9-15(16)19(25-26)21(29)24-23-20(28)17-11-13-7-3-4-8-14(13)12-18(17)27/h3-12,27H,2H2,1H3,(H,23,28)(H,24,29). The summed E-state index contributed by atoms with van der Waals surface area (Å²) < 4.78 is 1.19. The van der Waals surface area contributed by atoms with Crippen molar-refractivity contribution in [1.82, 2.24) is 20.6 Å². The van der Waals surface area contributed by atoms with Crippen LogP contribution in [0.2, 0.25) is 0 Å². The number of aromatic nitrogens is 2. The number of carbonyl (C=O) groups excluding carboxylic acids is 2. The van der Waals surface area contributed by atoms with Gasteiger partial charge in [-0.1, -0.05) is 42.5 Å². The molecule has 1 aromatic heterocycles. The quantitative estimate of drug-likeness (QED) is 0.455. The third-order valence-corrected chi connectivity index (χ3v) is 4.78. The summed E-state index contributed by atoms with van der Waals surface area (Å²) in [7, 11) is 0. The van der Waals surface area contributed by atoms with Gasteiger partial charge in [-0.3, -0.25) is 25.2 Å². The lowest BCUT2D eigenvalue weighted by Crippen LogP contribution is -2.42. The molecule has 0 unspecified atom stereocenters. The first-order chi connectivity index (χ1) is 14.5. The van der Waals surface area contributed by atoms with E-state index in [1.165, 1.54) is 16.8 Å². The molecule has 2 amide bonds. The average Bonchev–Trinajstić information content (AvgIpc) is 2.77. The smallest absolute Gasteiger partial charge is 0.290 e. The summed E-state index contributed by atoms with van der Waals surface area (Å²) in [6, 6.07) is 16.9. The Balaban J connectivity index is 1.61. The van der Waals surface area contributed by atoms with E-state index in [1.54, 1.807) is 31.2 Å². The number of nitrogens with one attached hydrogen (secondary N) is 2. The van der Waals surface area contributed by atoms with Crippen molar-refractivity contribution in [2.45, 2.75) is 13.5 Å². The molecular weight excluding hydrogens is 384 g/mol. The second-order valence-corrected chi connectivity index (χ2v) is 6.64. The van der Waals surface area contributed by atoms with Crippen LogP contribution in [-0.4, -0.2) is 26.7 Å². The van der Waals surface area contributed by atoms with E-state index in [2.05, 4.69) is 16.0 Å². The van der Waals surface area contributed by atoms with Crippen LogP contribution in [0.4, 0.5) is 0 Å². The molecule has 4 aromatic rings. The Labute approximate surface area is 170 Å². The van der Waals surface area contributed by atoms with Crippen LogP contribution in [0.15, 0.2) is 65.5 Å². The molecule has 3 aromatic carbocycles. The summed E-state index contributed by atoms with van der Waals surface area (Å²) >= 11 is 0.